The number of nitrogens with zero attached hydrogens (tertiary/aromatic N) is 7. The molecule has 5 aromatic rings. The van der Waals surface area contributed by atoms with E-state index in [0.717, 1.165) is 137 Å². The highest BCUT2D eigenvalue weighted by Gasteiger charge is 2.41. The molecular formula is C56H66FN9O7. The van der Waals surface area contributed by atoms with Crippen LogP contribution in [0.4, 0.5) is 15.9 Å². The van der Waals surface area contributed by atoms with Crippen LogP contribution in [0.2, 0.25) is 0 Å². The summed E-state index contributed by atoms with van der Waals surface area (Å²) in [6.07, 6.45) is 13.8. The highest BCUT2D eigenvalue weighted by molar-refractivity contribution is 6.06. The molecule has 2 aromatic heterocycles. The van der Waals surface area contributed by atoms with E-state index in [4.69, 9.17) is 29.2 Å². The molecule has 3 amide bonds. The number of amides is 3. The Labute approximate surface area is 424 Å². The highest BCUT2D eigenvalue weighted by atomic mass is 19.1. The van der Waals surface area contributed by atoms with Gasteiger partial charge in [0, 0.05) is 99.4 Å². The molecule has 0 spiro atoms. The molecule has 3 atom stereocenters. The van der Waals surface area contributed by atoms with Crippen molar-refractivity contribution in [3.8, 4) is 23.0 Å². The average molecular weight is 996 g/mol. The summed E-state index contributed by atoms with van der Waals surface area (Å²) in [6.45, 7) is 8.51. The zero-order chi connectivity index (χ0) is 49.7. The second kappa shape index (κ2) is 20.4. The highest BCUT2D eigenvalue weighted by Crippen LogP contribution is 2.40. The molecule has 3 unspecified atom stereocenters. The van der Waals surface area contributed by atoms with Crippen LogP contribution in [0, 0.1) is 5.82 Å². The molecule has 17 heteroatoms. The monoisotopic (exact) mass is 996 g/mol. The SMILES string of the molecule is CCc1cccc2cc(O)cc(-c3ncc4c(N5CC6CCC(C5)N6)nc(OCCN5CCC(OC6CCC(OC7CCN(c8cccc9c8CN(C8CCC(=O)NC8=O)C9=O)CC7)CC6)CC5)nc4c3F)c12. The van der Waals surface area contributed by atoms with E-state index in [-0.39, 0.29) is 71.5 Å². The van der Waals surface area contributed by atoms with Crippen molar-refractivity contribution in [2.24, 2.45) is 0 Å². The van der Waals surface area contributed by atoms with Gasteiger partial charge in [0.25, 0.3) is 5.91 Å². The van der Waals surface area contributed by atoms with Crippen molar-refractivity contribution >= 4 is 50.9 Å². The van der Waals surface area contributed by atoms with E-state index in [1.54, 1.807) is 23.2 Å². The van der Waals surface area contributed by atoms with Crippen LogP contribution in [0.5, 0.6) is 11.8 Å². The van der Waals surface area contributed by atoms with Gasteiger partial charge in [-0.1, -0.05) is 31.2 Å². The third kappa shape index (κ3) is 9.69. The van der Waals surface area contributed by atoms with Gasteiger partial charge in [0.15, 0.2) is 5.82 Å². The number of imide groups is 1. The van der Waals surface area contributed by atoms with Gasteiger partial charge in [0.2, 0.25) is 11.8 Å². The molecule has 8 heterocycles. The number of rotatable bonds is 13. The van der Waals surface area contributed by atoms with Gasteiger partial charge >= 0.3 is 6.01 Å². The van der Waals surface area contributed by atoms with E-state index in [0.29, 0.717) is 60.5 Å². The number of fused-ring (bicyclic) bond motifs is 5. The Balaban J connectivity index is 0.619. The van der Waals surface area contributed by atoms with Crippen LogP contribution in [0.25, 0.3) is 32.9 Å². The molecule has 1 saturated carbocycles. The van der Waals surface area contributed by atoms with Crippen molar-refractivity contribution in [3.63, 3.8) is 0 Å². The Kier molecular flexibility index (Phi) is 13.4. The number of nitrogens with one attached hydrogen (secondary N) is 2. The van der Waals surface area contributed by atoms with Crippen molar-refractivity contribution < 1.29 is 38.1 Å². The quantitative estimate of drug-likeness (QED) is 0.105. The van der Waals surface area contributed by atoms with Crippen LogP contribution in [0.15, 0.2) is 54.7 Å². The predicted octanol–water partition coefficient (Wildman–Crippen LogP) is 6.81. The number of piperidine rings is 3. The number of likely N-dealkylation sites (tertiary alicyclic amines) is 1. The van der Waals surface area contributed by atoms with Crippen LogP contribution in [-0.2, 0) is 32.0 Å². The van der Waals surface area contributed by atoms with E-state index in [9.17, 15) is 19.5 Å². The van der Waals surface area contributed by atoms with E-state index < -0.39 is 11.9 Å². The minimum Gasteiger partial charge on any atom is -0.508 e. The zero-order valence-electron chi connectivity index (χ0n) is 41.7. The van der Waals surface area contributed by atoms with E-state index in [1.807, 2.05) is 30.3 Å². The van der Waals surface area contributed by atoms with Crippen molar-refractivity contribution in [2.45, 2.75) is 139 Å². The Morgan fingerprint density at radius 2 is 1.48 bits per heavy atom. The van der Waals surface area contributed by atoms with Crippen LogP contribution in [-0.4, -0.2) is 143 Å². The number of phenolic OH excluding ortho intramolecular Hbond substituents is 1. The van der Waals surface area contributed by atoms with Crippen LogP contribution >= 0.6 is 0 Å². The lowest BCUT2D eigenvalue weighted by Crippen LogP contribution is -2.52. The van der Waals surface area contributed by atoms with E-state index >= 15 is 4.39 Å². The zero-order valence-corrected chi connectivity index (χ0v) is 41.7. The standard InChI is InChI=1S/C56H66FN9O7/c1-2-33-5-3-6-34-27-37(67)28-43(49(33)34)51-50(57)52-44(29-58-51)53(65-30-35-9-10-36(31-65)59-35)62-56(61-52)71-26-25-63-21-17-40(18-22-63)72-38-11-13-39(14-12-38)73-41-19-23-64(24-20-41)46-8-4-7-42-45(46)32-66(55(42)70)47-15-16-48(68)60-54(47)69/h3-8,27-29,35-36,38-41,47,59,67H,2,9-26,30-32H2,1H3,(H,60,68,69). The number of halogens is 1. The number of phenols is 1. The second-order valence-corrected chi connectivity index (χ2v) is 21.4. The first kappa shape index (κ1) is 48.0. The summed E-state index contributed by atoms with van der Waals surface area (Å²) in [5.74, 6) is -0.680. The minimum absolute atomic E-state index is 0.0500. The Hall–Kier alpha value is -6.01. The molecule has 0 radical (unpaired) electrons. The summed E-state index contributed by atoms with van der Waals surface area (Å²) in [4.78, 5) is 60.8. The Morgan fingerprint density at radius 1 is 0.781 bits per heavy atom. The smallest absolute Gasteiger partial charge is 0.319 e. The number of hydrogen-bond acceptors (Lipinski definition) is 14. The molecule has 7 aliphatic rings. The molecular weight excluding hydrogens is 930 g/mol. The number of hydrogen-bond donors (Lipinski definition) is 3. The molecule has 6 fully saturated rings. The van der Waals surface area contributed by atoms with Crippen molar-refractivity contribution in [2.75, 3.05) is 62.2 Å². The third-order valence-corrected chi connectivity index (χ3v) is 16.7. The van der Waals surface area contributed by atoms with Gasteiger partial charge in [0.05, 0.1) is 29.8 Å². The van der Waals surface area contributed by atoms with Crippen molar-refractivity contribution in [3.05, 3.63) is 77.2 Å². The fraction of sp³-hybridized carbons (Fsp3) is 0.536. The first-order valence-corrected chi connectivity index (χ1v) is 26.9. The first-order chi connectivity index (χ1) is 35.6. The topological polar surface area (TPSA) is 175 Å². The maximum absolute atomic E-state index is 17.1. The summed E-state index contributed by atoms with van der Waals surface area (Å²) >= 11 is 0. The molecule has 3 aromatic carbocycles. The molecule has 5 saturated heterocycles. The van der Waals surface area contributed by atoms with Gasteiger partial charge in [-0.2, -0.15) is 9.97 Å². The molecule has 12 rings (SSSR count). The van der Waals surface area contributed by atoms with Gasteiger partial charge in [-0.25, -0.2) is 4.39 Å². The molecule has 1 aliphatic carbocycles. The molecule has 73 heavy (non-hydrogen) atoms. The maximum Gasteiger partial charge on any atom is 0.319 e. The van der Waals surface area contributed by atoms with Crippen molar-refractivity contribution in [1.82, 2.24) is 35.4 Å². The van der Waals surface area contributed by atoms with Gasteiger partial charge in [-0.3, -0.25) is 29.6 Å². The molecule has 384 valence electrons. The fourth-order valence-electron chi connectivity index (χ4n) is 12.9. The molecule has 6 aliphatic heterocycles. The average Bonchev–Trinajstić information content (AvgIpc) is 3.93. The summed E-state index contributed by atoms with van der Waals surface area (Å²) < 4.78 is 36.8. The summed E-state index contributed by atoms with van der Waals surface area (Å²) in [6, 6.07) is 15.3. The lowest BCUT2D eigenvalue weighted by atomic mass is 9.93. The lowest BCUT2D eigenvalue weighted by molar-refractivity contribution is -0.136. The number of benzene rings is 3. The molecule has 3 N–H and O–H groups in total. The number of ether oxygens (including phenoxy) is 3. The van der Waals surface area contributed by atoms with Gasteiger partial charge in [-0.15, -0.1) is 0 Å². The van der Waals surface area contributed by atoms with Crippen LogP contribution < -0.4 is 25.2 Å². The number of aromatic hydroxyl groups is 1. The number of pyridine rings is 1. The number of carbonyl (C=O) groups excluding carboxylic acids is 3. The third-order valence-electron chi connectivity index (χ3n) is 16.7. The van der Waals surface area contributed by atoms with Crippen LogP contribution in [0.1, 0.15) is 105 Å². The maximum atomic E-state index is 17.1. The van der Waals surface area contributed by atoms with E-state index in [1.165, 1.54) is 0 Å². The Morgan fingerprint density at radius 3 is 2.19 bits per heavy atom. The molecule has 16 nitrogen and oxygen atoms in total. The number of piperazine rings is 1. The number of aryl methyl sites for hydroxylation is 1. The second-order valence-electron chi connectivity index (χ2n) is 21.4. The summed E-state index contributed by atoms with van der Waals surface area (Å²) in [7, 11) is 0. The predicted molar refractivity (Wildman–Crippen MR) is 274 cm³/mol. The van der Waals surface area contributed by atoms with Gasteiger partial charge < -0.3 is 39.3 Å². The fourth-order valence-corrected chi connectivity index (χ4v) is 12.9. The van der Waals surface area contributed by atoms with Gasteiger partial charge in [-0.05, 0) is 118 Å². The first-order valence-electron chi connectivity index (χ1n) is 26.9. The van der Waals surface area contributed by atoms with Crippen LogP contribution in [0.3, 0.4) is 0 Å². The minimum atomic E-state index is -0.623. The number of anilines is 2. The van der Waals surface area contributed by atoms with Gasteiger partial charge in [0.1, 0.15) is 35.4 Å². The number of carbonyl (C=O) groups is 3. The largest absolute Gasteiger partial charge is 0.508 e. The van der Waals surface area contributed by atoms with Crippen molar-refractivity contribution in [1.29, 1.82) is 0 Å². The Bertz CT molecular complexity index is 2910. The molecule has 2 bridgehead atoms. The lowest BCUT2D eigenvalue weighted by Gasteiger charge is -2.38. The normalized spacial score (nSPS) is 25.3. The summed E-state index contributed by atoms with van der Waals surface area (Å²) in [5.41, 5.74) is 4.55. The van der Waals surface area contributed by atoms with E-state index in [2.05, 4.69) is 38.3 Å². The summed E-state index contributed by atoms with van der Waals surface area (Å²) in [5, 5.41) is 19.1. The number of aromatic nitrogens is 3.